The van der Waals surface area contributed by atoms with Crippen LogP contribution in [0.4, 0.5) is 4.79 Å². The van der Waals surface area contributed by atoms with Crippen LogP contribution in [0.5, 0.6) is 5.75 Å². The molecule has 0 radical (unpaired) electrons. The summed E-state index contributed by atoms with van der Waals surface area (Å²) in [6.45, 7) is 8.88. The molecule has 1 aromatic carbocycles. The third kappa shape index (κ3) is 10.4. The lowest BCUT2D eigenvalue weighted by molar-refractivity contribution is -0.120. The number of ether oxygens (including phenoxy) is 2. The summed E-state index contributed by atoms with van der Waals surface area (Å²) < 4.78 is 10.4. The highest BCUT2D eigenvalue weighted by molar-refractivity contribution is 5.94. The molecular weight excluding hydrogens is 362 g/mol. The molecule has 0 fully saturated rings. The van der Waals surface area contributed by atoms with Gasteiger partial charge < -0.3 is 25.4 Å². The van der Waals surface area contributed by atoms with Gasteiger partial charge in [0.2, 0.25) is 5.91 Å². The minimum Gasteiger partial charge on any atom is -0.494 e. The highest BCUT2D eigenvalue weighted by Gasteiger charge is 2.15. The maximum atomic E-state index is 12.0. The first-order valence-corrected chi connectivity index (χ1v) is 9.46. The second kappa shape index (κ2) is 11.8. The molecule has 1 rings (SSSR count). The van der Waals surface area contributed by atoms with Crippen molar-refractivity contribution in [1.82, 2.24) is 16.0 Å². The smallest absolute Gasteiger partial charge is 0.407 e. The Morgan fingerprint density at radius 2 is 1.57 bits per heavy atom. The summed E-state index contributed by atoms with van der Waals surface area (Å²) in [6, 6.07) is 6.92. The van der Waals surface area contributed by atoms with Crippen molar-refractivity contribution in [2.45, 2.75) is 46.1 Å². The molecule has 8 heteroatoms. The molecule has 1 aromatic rings. The molecule has 0 aliphatic rings. The molecule has 0 spiro atoms. The van der Waals surface area contributed by atoms with Crippen LogP contribution < -0.4 is 20.7 Å². The van der Waals surface area contributed by atoms with Crippen molar-refractivity contribution in [1.29, 1.82) is 0 Å². The summed E-state index contributed by atoms with van der Waals surface area (Å²) >= 11 is 0. The van der Waals surface area contributed by atoms with Gasteiger partial charge in [0.15, 0.2) is 0 Å². The molecule has 3 N–H and O–H groups in total. The number of alkyl carbamates (subject to hydrolysis) is 1. The molecule has 0 saturated carbocycles. The average Bonchev–Trinajstić information content (AvgIpc) is 2.60. The van der Waals surface area contributed by atoms with Crippen molar-refractivity contribution >= 4 is 17.9 Å². The van der Waals surface area contributed by atoms with Crippen molar-refractivity contribution in [2.24, 2.45) is 0 Å². The molecule has 0 bridgehead atoms. The molecule has 0 heterocycles. The first-order chi connectivity index (χ1) is 13.2. The van der Waals surface area contributed by atoms with Crippen molar-refractivity contribution in [3.8, 4) is 5.75 Å². The molecular formula is C20H31N3O5. The predicted octanol–water partition coefficient (Wildman–Crippen LogP) is 2.24. The minimum absolute atomic E-state index is 0.164. The molecule has 156 valence electrons. The van der Waals surface area contributed by atoms with Crippen LogP contribution in [-0.2, 0) is 9.53 Å². The Morgan fingerprint density at radius 3 is 2.18 bits per heavy atom. The fourth-order valence-electron chi connectivity index (χ4n) is 2.17. The lowest BCUT2D eigenvalue weighted by Crippen LogP contribution is -2.35. The van der Waals surface area contributed by atoms with E-state index >= 15 is 0 Å². The van der Waals surface area contributed by atoms with E-state index < -0.39 is 11.7 Å². The van der Waals surface area contributed by atoms with Crippen molar-refractivity contribution in [3.63, 3.8) is 0 Å². The highest BCUT2D eigenvalue weighted by atomic mass is 16.6. The third-order valence-electron chi connectivity index (χ3n) is 3.41. The van der Waals surface area contributed by atoms with Crippen LogP contribution in [-0.4, -0.2) is 49.7 Å². The van der Waals surface area contributed by atoms with Gasteiger partial charge in [0.1, 0.15) is 11.4 Å². The maximum absolute atomic E-state index is 12.0. The molecule has 0 aliphatic carbocycles. The van der Waals surface area contributed by atoms with Gasteiger partial charge in [-0.3, -0.25) is 9.59 Å². The van der Waals surface area contributed by atoms with E-state index in [4.69, 9.17) is 9.47 Å². The summed E-state index contributed by atoms with van der Waals surface area (Å²) in [5.74, 6) is 0.382. The van der Waals surface area contributed by atoms with Gasteiger partial charge in [-0.1, -0.05) is 0 Å². The molecule has 0 aromatic heterocycles. The van der Waals surface area contributed by atoms with Gasteiger partial charge in [0.25, 0.3) is 5.91 Å². The SMILES string of the molecule is CCOc1ccc(C(=O)NCCCNC(=O)CCNC(=O)OC(C)(C)C)cc1. The number of carbonyl (C=O) groups is 3. The number of hydrogen-bond acceptors (Lipinski definition) is 5. The topological polar surface area (TPSA) is 106 Å². The van der Waals surface area contributed by atoms with Gasteiger partial charge >= 0.3 is 6.09 Å². The van der Waals surface area contributed by atoms with Crippen LogP contribution in [0.1, 0.15) is 50.9 Å². The number of benzene rings is 1. The van der Waals surface area contributed by atoms with Crippen molar-refractivity contribution < 1.29 is 23.9 Å². The number of hydrogen-bond donors (Lipinski definition) is 3. The zero-order valence-corrected chi connectivity index (χ0v) is 17.1. The monoisotopic (exact) mass is 393 g/mol. The van der Waals surface area contributed by atoms with Crippen molar-refractivity contribution in [3.05, 3.63) is 29.8 Å². The van der Waals surface area contributed by atoms with E-state index in [2.05, 4.69) is 16.0 Å². The number of rotatable bonds is 10. The van der Waals surface area contributed by atoms with Crippen LogP contribution in [0.3, 0.4) is 0 Å². The van der Waals surface area contributed by atoms with E-state index in [9.17, 15) is 14.4 Å². The molecule has 0 aliphatic heterocycles. The average molecular weight is 393 g/mol. The van der Waals surface area contributed by atoms with Crippen LogP contribution in [0, 0.1) is 0 Å². The predicted molar refractivity (Wildman–Crippen MR) is 106 cm³/mol. The van der Waals surface area contributed by atoms with E-state index in [-0.39, 0.29) is 24.8 Å². The second-order valence-electron chi connectivity index (χ2n) is 7.10. The number of nitrogens with one attached hydrogen (secondary N) is 3. The fraction of sp³-hybridized carbons (Fsp3) is 0.550. The van der Waals surface area contributed by atoms with Crippen LogP contribution in [0.2, 0.25) is 0 Å². The quantitative estimate of drug-likeness (QED) is 0.529. The summed E-state index contributed by atoms with van der Waals surface area (Å²) in [7, 11) is 0. The fourth-order valence-corrected chi connectivity index (χ4v) is 2.17. The van der Waals surface area contributed by atoms with Gasteiger partial charge in [-0.15, -0.1) is 0 Å². The third-order valence-corrected chi connectivity index (χ3v) is 3.41. The number of amides is 3. The lowest BCUT2D eigenvalue weighted by Gasteiger charge is -2.19. The molecule has 28 heavy (non-hydrogen) atoms. The van der Waals surface area contributed by atoms with Crippen LogP contribution in [0.25, 0.3) is 0 Å². The molecule has 8 nitrogen and oxygen atoms in total. The van der Waals surface area contributed by atoms with Gasteiger partial charge in [-0.25, -0.2) is 4.79 Å². The first kappa shape index (κ1) is 23.3. The Bertz CT molecular complexity index is 638. The zero-order chi connectivity index (χ0) is 21.0. The Balaban J connectivity index is 2.12. The minimum atomic E-state index is -0.567. The largest absolute Gasteiger partial charge is 0.494 e. The number of carbonyl (C=O) groups excluding carboxylic acids is 3. The van der Waals surface area contributed by atoms with Gasteiger partial charge in [0.05, 0.1) is 6.61 Å². The zero-order valence-electron chi connectivity index (χ0n) is 17.1. The first-order valence-electron chi connectivity index (χ1n) is 9.46. The van der Waals surface area contributed by atoms with Crippen molar-refractivity contribution in [2.75, 3.05) is 26.2 Å². The van der Waals surface area contributed by atoms with Crippen LogP contribution >= 0.6 is 0 Å². The van der Waals surface area contributed by atoms with E-state index in [1.165, 1.54) is 0 Å². The molecule has 0 unspecified atom stereocenters. The van der Waals surface area contributed by atoms with Gasteiger partial charge in [-0.2, -0.15) is 0 Å². The highest BCUT2D eigenvalue weighted by Crippen LogP contribution is 2.11. The molecule has 0 atom stereocenters. The van der Waals surface area contributed by atoms with Crippen LogP contribution in [0.15, 0.2) is 24.3 Å². The Labute approximate surface area is 166 Å². The molecule has 0 saturated heterocycles. The summed E-state index contributed by atoms with van der Waals surface area (Å²) in [5.41, 5.74) is -0.0112. The standard InChI is InChI=1S/C20H31N3O5/c1-5-27-16-9-7-15(8-10-16)18(25)22-13-6-12-21-17(24)11-14-23-19(26)28-20(2,3)4/h7-10H,5-6,11-14H2,1-4H3,(H,21,24)(H,22,25)(H,23,26). The summed E-state index contributed by atoms with van der Waals surface area (Å²) in [5, 5.41) is 8.07. The Morgan fingerprint density at radius 1 is 0.929 bits per heavy atom. The van der Waals surface area contributed by atoms with Gasteiger partial charge in [0, 0.05) is 31.6 Å². The Hall–Kier alpha value is -2.77. The Kier molecular flexibility index (Phi) is 9.84. The maximum Gasteiger partial charge on any atom is 0.407 e. The summed E-state index contributed by atoms with van der Waals surface area (Å²) in [6.07, 6.45) is 0.225. The van der Waals surface area contributed by atoms with E-state index in [0.717, 1.165) is 5.75 Å². The van der Waals surface area contributed by atoms with E-state index in [0.29, 0.717) is 31.7 Å². The molecule has 3 amide bonds. The van der Waals surface area contributed by atoms with Gasteiger partial charge in [-0.05, 0) is 58.4 Å². The lowest BCUT2D eigenvalue weighted by atomic mass is 10.2. The normalized spacial score (nSPS) is 10.7. The van der Waals surface area contributed by atoms with E-state index in [1.807, 2.05) is 6.92 Å². The second-order valence-corrected chi connectivity index (χ2v) is 7.10. The summed E-state index contributed by atoms with van der Waals surface area (Å²) in [4.78, 5) is 35.2. The van der Waals surface area contributed by atoms with E-state index in [1.54, 1.807) is 45.0 Å².